The van der Waals surface area contributed by atoms with Crippen LogP contribution in [-0.2, 0) is 4.79 Å². The lowest BCUT2D eigenvalue weighted by atomic mass is 9.97. The van der Waals surface area contributed by atoms with Crippen LogP contribution in [0.3, 0.4) is 0 Å². The van der Waals surface area contributed by atoms with E-state index >= 15 is 0 Å². The molecule has 21 heavy (non-hydrogen) atoms. The van der Waals surface area contributed by atoms with E-state index in [4.69, 9.17) is 4.74 Å². The van der Waals surface area contributed by atoms with E-state index in [-0.39, 0.29) is 18.6 Å². The van der Waals surface area contributed by atoms with Crippen LogP contribution in [0.2, 0.25) is 0 Å². The minimum atomic E-state index is -0.112. The van der Waals surface area contributed by atoms with Gasteiger partial charge < -0.3 is 15.4 Å². The fourth-order valence-corrected chi connectivity index (χ4v) is 2.56. The lowest BCUT2D eigenvalue weighted by Crippen LogP contribution is -2.26. The Morgan fingerprint density at radius 3 is 2.76 bits per heavy atom. The molecule has 1 aliphatic rings. The quantitative estimate of drug-likeness (QED) is 0.906. The number of benzene rings is 2. The zero-order chi connectivity index (χ0) is 14.7. The first-order valence-electron chi connectivity index (χ1n) is 7.13. The van der Waals surface area contributed by atoms with Crippen LogP contribution < -0.4 is 15.4 Å². The van der Waals surface area contributed by atoms with E-state index in [1.165, 1.54) is 5.56 Å². The van der Waals surface area contributed by atoms with Crippen LogP contribution in [0.15, 0.2) is 48.5 Å². The van der Waals surface area contributed by atoms with Gasteiger partial charge in [0.15, 0.2) is 6.61 Å². The summed E-state index contributed by atoms with van der Waals surface area (Å²) in [6.07, 6.45) is 0. The number of anilines is 1. The Morgan fingerprint density at radius 2 is 2.00 bits per heavy atom. The van der Waals surface area contributed by atoms with Gasteiger partial charge in [-0.15, -0.1) is 0 Å². The van der Waals surface area contributed by atoms with Crippen LogP contribution >= 0.6 is 0 Å². The largest absolute Gasteiger partial charge is 0.482 e. The van der Waals surface area contributed by atoms with Crippen LogP contribution in [0.5, 0.6) is 5.75 Å². The molecule has 0 radical (unpaired) electrons. The highest BCUT2D eigenvalue weighted by molar-refractivity contribution is 5.95. The van der Waals surface area contributed by atoms with Crippen molar-refractivity contribution in [2.45, 2.75) is 13.0 Å². The number of amides is 1. The van der Waals surface area contributed by atoms with Gasteiger partial charge in [-0.05, 0) is 29.8 Å². The lowest BCUT2D eigenvalue weighted by Gasteiger charge is -2.23. The zero-order valence-electron chi connectivity index (χ0n) is 11.9. The fraction of sp³-hybridized carbons (Fsp3) is 0.235. The van der Waals surface area contributed by atoms with Crippen LogP contribution in [0.4, 0.5) is 5.69 Å². The molecule has 0 spiro atoms. The monoisotopic (exact) mass is 282 g/mol. The van der Waals surface area contributed by atoms with Crippen LogP contribution in [0, 0.1) is 0 Å². The van der Waals surface area contributed by atoms with Gasteiger partial charge in [0, 0.05) is 0 Å². The number of carbonyl (C=O) groups excluding carboxylic acids is 1. The molecule has 3 rings (SSSR count). The SMILES string of the molecule is CCNC(c1ccccc1)c1ccc2c(c1)NC(=O)CO2. The average molecular weight is 282 g/mol. The minimum Gasteiger partial charge on any atom is -0.482 e. The molecule has 0 saturated carbocycles. The van der Waals surface area contributed by atoms with Crippen molar-refractivity contribution in [1.29, 1.82) is 0 Å². The van der Waals surface area contributed by atoms with E-state index < -0.39 is 0 Å². The summed E-state index contributed by atoms with van der Waals surface area (Å²) >= 11 is 0. The van der Waals surface area contributed by atoms with Gasteiger partial charge in [-0.1, -0.05) is 43.3 Å². The molecule has 0 bridgehead atoms. The number of nitrogens with one attached hydrogen (secondary N) is 2. The molecule has 0 aliphatic carbocycles. The predicted molar refractivity (Wildman–Crippen MR) is 82.5 cm³/mol. The highest BCUT2D eigenvalue weighted by Gasteiger charge is 2.19. The van der Waals surface area contributed by atoms with Crippen molar-refractivity contribution in [3.05, 3.63) is 59.7 Å². The summed E-state index contributed by atoms with van der Waals surface area (Å²) in [7, 11) is 0. The topological polar surface area (TPSA) is 50.4 Å². The molecular weight excluding hydrogens is 264 g/mol. The highest BCUT2D eigenvalue weighted by Crippen LogP contribution is 2.32. The van der Waals surface area contributed by atoms with E-state index in [1.54, 1.807) is 0 Å². The normalized spacial score (nSPS) is 14.8. The summed E-state index contributed by atoms with van der Waals surface area (Å²) < 4.78 is 5.40. The molecule has 1 amide bonds. The second kappa shape index (κ2) is 5.97. The standard InChI is InChI=1S/C17H18N2O2/c1-2-18-17(12-6-4-3-5-7-12)13-8-9-15-14(10-13)19-16(20)11-21-15/h3-10,17-18H,2,11H2,1H3,(H,19,20). The second-order valence-electron chi connectivity index (χ2n) is 4.99. The molecule has 1 atom stereocenters. The molecule has 2 aromatic carbocycles. The summed E-state index contributed by atoms with van der Waals surface area (Å²) in [4.78, 5) is 11.5. The Bertz CT molecular complexity index is 640. The Hall–Kier alpha value is -2.33. The van der Waals surface area contributed by atoms with Crippen molar-refractivity contribution >= 4 is 11.6 Å². The van der Waals surface area contributed by atoms with Gasteiger partial charge in [0.1, 0.15) is 5.75 Å². The summed E-state index contributed by atoms with van der Waals surface area (Å²) in [5.74, 6) is 0.612. The van der Waals surface area contributed by atoms with Crippen molar-refractivity contribution in [2.75, 3.05) is 18.5 Å². The molecule has 0 aromatic heterocycles. The number of rotatable bonds is 4. The Labute approximate surface area is 124 Å². The second-order valence-corrected chi connectivity index (χ2v) is 4.99. The van der Waals surface area contributed by atoms with E-state index in [9.17, 15) is 4.79 Å². The van der Waals surface area contributed by atoms with E-state index in [0.29, 0.717) is 0 Å². The first kappa shape index (κ1) is 13.6. The van der Waals surface area contributed by atoms with Crippen LogP contribution in [0.1, 0.15) is 24.1 Å². The third kappa shape index (κ3) is 2.90. The smallest absolute Gasteiger partial charge is 0.262 e. The molecule has 1 aliphatic heterocycles. The first-order valence-corrected chi connectivity index (χ1v) is 7.13. The maximum Gasteiger partial charge on any atom is 0.262 e. The molecule has 2 N–H and O–H groups in total. The average Bonchev–Trinajstić information content (AvgIpc) is 2.52. The number of hydrogen-bond donors (Lipinski definition) is 2. The van der Waals surface area contributed by atoms with Gasteiger partial charge >= 0.3 is 0 Å². The molecule has 0 fully saturated rings. The fourth-order valence-electron chi connectivity index (χ4n) is 2.56. The molecule has 4 heteroatoms. The van der Waals surface area contributed by atoms with Crippen molar-refractivity contribution in [1.82, 2.24) is 5.32 Å². The Morgan fingerprint density at radius 1 is 1.19 bits per heavy atom. The van der Waals surface area contributed by atoms with Gasteiger partial charge in [-0.25, -0.2) is 0 Å². The van der Waals surface area contributed by atoms with Gasteiger partial charge in [0.2, 0.25) is 0 Å². The van der Waals surface area contributed by atoms with Crippen molar-refractivity contribution in [3.8, 4) is 5.75 Å². The number of ether oxygens (including phenoxy) is 1. The van der Waals surface area contributed by atoms with Crippen molar-refractivity contribution in [3.63, 3.8) is 0 Å². The van der Waals surface area contributed by atoms with Crippen molar-refractivity contribution in [2.24, 2.45) is 0 Å². The van der Waals surface area contributed by atoms with Crippen molar-refractivity contribution < 1.29 is 9.53 Å². The molecule has 1 unspecified atom stereocenters. The van der Waals surface area contributed by atoms with Gasteiger partial charge in [-0.3, -0.25) is 4.79 Å². The Kier molecular flexibility index (Phi) is 3.88. The van der Waals surface area contributed by atoms with Gasteiger partial charge in [-0.2, -0.15) is 0 Å². The number of fused-ring (bicyclic) bond motifs is 1. The predicted octanol–water partition coefficient (Wildman–Crippen LogP) is 2.72. The minimum absolute atomic E-state index is 0.0850. The molecular formula is C17H18N2O2. The van der Waals surface area contributed by atoms with Crippen LogP contribution in [-0.4, -0.2) is 19.1 Å². The van der Waals surface area contributed by atoms with Gasteiger partial charge in [0.05, 0.1) is 11.7 Å². The Balaban J connectivity index is 1.97. The third-order valence-corrected chi connectivity index (χ3v) is 3.51. The van der Waals surface area contributed by atoms with E-state index in [2.05, 4.69) is 29.7 Å². The molecule has 2 aromatic rings. The maximum atomic E-state index is 11.5. The summed E-state index contributed by atoms with van der Waals surface area (Å²) in [5, 5.41) is 6.34. The summed E-state index contributed by atoms with van der Waals surface area (Å²) in [6.45, 7) is 3.03. The summed E-state index contributed by atoms with van der Waals surface area (Å²) in [6, 6.07) is 16.3. The maximum absolute atomic E-state index is 11.5. The first-order chi connectivity index (χ1) is 10.3. The van der Waals surface area contributed by atoms with Gasteiger partial charge in [0.25, 0.3) is 5.91 Å². The van der Waals surface area contributed by atoms with E-state index in [1.807, 2.05) is 36.4 Å². The number of carbonyl (C=O) groups is 1. The zero-order valence-corrected chi connectivity index (χ0v) is 11.9. The molecule has 4 nitrogen and oxygen atoms in total. The molecule has 108 valence electrons. The van der Waals surface area contributed by atoms with Crippen LogP contribution in [0.25, 0.3) is 0 Å². The van der Waals surface area contributed by atoms with E-state index in [0.717, 1.165) is 23.5 Å². The number of hydrogen-bond acceptors (Lipinski definition) is 3. The molecule has 1 heterocycles. The summed E-state index contributed by atoms with van der Waals surface area (Å²) in [5.41, 5.74) is 3.04. The highest BCUT2D eigenvalue weighted by atomic mass is 16.5. The lowest BCUT2D eigenvalue weighted by molar-refractivity contribution is -0.118. The molecule has 0 saturated heterocycles. The third-order valence-electron chi connectivity index (χ3n) is 3.51.